The van der Waals surface area contributed by atoms with Gasteiger partial charge in [0.05, 0.1) is 0 Å². The second-order valence-corrected chi connectivity index (χ2v) is 5.19. The van der Waals surface area contributed by atoms with Gasteiger partial charge in [-0.1, -0.05) is 20.8 Å². The molecule has 1 saturated carbocycles. The molecule has 0 radical (unpaired) electrons. The van der Waals surface area contributed by atoms with Gasteiger partial charge in [-0.2, -0.15) is 0 Å². The minimum absolute atomic E-state index is 0.185. The first-order valence-electron chi connectivity index (χ1n) is 4.82. The van der Waals surface area contributed by atoms with Crippen LogP contribution in [0.25, 0.3) is 0 Å². The second kappa shape index (κ2) is 2.93. The Balaban J connectivity index is 2.60. The molecule has 13 heavy (non-hydrogen) atoms. The van der Waals surface area contributed by atoms with Gasteiger partial charge in [-0.3, -0.25) is 9.59 Å². The van der Waals surface area contributed by atoms with Crippen molar-refractivity contribution < 1.29 is 9.59 Å². The van der Waals surface area contributed by atoms with Gasteiger partial charge >= 0.3 is 0 Å². The lowest BCUT2D eigenvalue weighted by molar-refractivity contribution is -0.132. The molecule has 0 aromatic carbocycles. The van der Waals surface area contributed by atoms with Crippen LogP contribution in [0.2, 0.25) is 0 Å². The van der Waals surface area contributed by atoms with Crippen LogP contribution in [0.4, 0.5) is 0 Å². The molecule has 0 bridgehead atoms. The number of Topliss-reactive ketones (excluding diaryl/α,β-unsaturated/α-hetero) is 2. The van der Waals surface area contributed by atoms with Gasteiger partial charge in [0.2, 0.25) is 0 Å². The van der Waals surface area contributed by atoms with Gasteiger partial charge in [0.1, 0.15) is 11.6 Å². The second-order valence-electron chi connectivity index (χ2n) is 5.19. The Hall–Kier alpha value is -0.660. The van der Waals surface area contributed by atoms with Crippen LogP contribution in [0.15, 0.2) is 0 Å². The van der Waals surface area contributed by atoms with E-state index >= 15 is 0 Å². The first-order chi connectivity index (χ1) is 5.78. The van der Waals surface area contributed by atoms with Crippen molar-refractivity contribution in [2.24, 2.45) is 10.8 Å². The Morgan fingerprint density at radius 2 is 1.69 bits per heavy atom. The van der Waals surface area contributed by atoms with Gasteiger partial charge in [0.15, 0.2) is 0 Å². The molecular formula is C11H18O2. The van der Waals surface area contributed by atoms with E-state index < -0.39 is 0 Å². The largest absolute Gasteiger partial charge is 0.299 e. The van der Waals surface area contributed by atoms with E-state index in [1.54, 1.807) is 6.92 Å². The van der Waals surface area contributed by atoms with Gasteiger partial charge in [0.25, 0.3) is 0 Å². The summed E-state index contributed by atoms with van der Waals surface area (Å²) < 4.78 is 0. The van der Waals surface area contributed by atoms with Crippen molar-refractivity contribution in [3.8, 4) is 0 Å². The summed E-state index contributed by atoms with van der Waals surface area (Å²) in [7, 11) is 0. The van der Waals surface area contributed by atoms with Crippen LogP contribution < -0.4 is 0 Å². The molecule has 0 amide bonds. The number of hydrogen-bond acceptors (Lipinski definition) is 2. The van der Waals surface area contributed by atoms with Crippen molar-refractivity contribution in [3.63, 3.8) is 0 Å². The highest BCUT2D eigenvalue weighted by molar-refractivity contribution is 5.93. The van der Waals surface area contributed by atoms with Crippen LogP contribution >= 0.6 is 0 Å². The molecule has 1 fully saturated rings. The van der Waals surface area contributed by atoms with E-state index in [0.717, 1.165) is 12.8 Å². The lowest BCUT2D eigenvalue weighted by atomic mass is 9.83. The van der Waals surface area contributed by atoms with Crippen molar-refractivity contribution in [2.75, 3.05) is 0 Å². The number of hydrogen-bond donors (Lipinski definition) is 0. The van der Waals surface area contributed by atoms with E-state index in [-0.39, 0.29) is 22.4 Å². The highest BCUT2D eigenvalue weighted by Gasteiger charge is 2.49. The summed E-state index contributed by atoms with van der Waals surface area (Å²) in [6, 6.07) is 0. The van der Waals surface area contributed by atoms with Crippen molar-refractivity contribution in [1.29, 1.82) is 0 Å². The first kappa shape index (κ1) is 10.4. The molecule has 1 aliphatic rings. The molecule has 2 nitrogen and oxygen atoms in total. The Morgan fingerprint density at radius 1 is 1.23 bits per heavy atom. The maximum Gasteiger partial charge on any atom is 0.139 e. The van der Waals surface area contributed by atoms with Crippen LogP contribution in [-0.4, -0.2) is 11.6 Å². The minimum Gasteiger partial charge on any atom is -0.299 e. The molecule has 0 heterocycles. The molecule has 1 aliphatic carbocycles. The smallest absolute Gasteiger partial charge is 0.139 e. The third-order valence-corrected chi connectivity index (χ3v) is 2.94. The van der Waals surface area contributed by atoms with Crippen LogP contribution in [0.1, 0.15) is 47.0 Å². The van der Waals surface area contributed by atoms with Crippen molar-refractivity contribution in [2.45, 2.75) is 47.0 Å². The number of ketones is 2. The maximum absolute atomic E-state index is 11.7. The minimum atomic E-state index is -0.301. The summed E-state index contributed by atoms with van der Waals surface area (Å²) in [5.74, 6) is 0.394. The molecule has 0 saturated heterocycles. The monoisotopic (exact) mass is 182 g/mol. The lowest BCUT2D eigenvalue weighted by Crippen LogP contribution is -2.26. The molecule has 74 valence electrons. The fourth-order valence-electron chi connectivity index (χ4n) is 1.38. The van der Waals surface area contributed by atoms with Crippen LogP contribution in [0.3, 0.4) is 0 Å². The molecule has 0 N–H and O–H groups in total. The summed E-state index contributed by atoms with van der Waals surface area (Å²) in [6.45, 7) is 7.32. The van der Waals surface area contributed by atoms with Crippen LogP contribution in [0.5, 0.6) is 0 Å². The Morgan fingerprint density at radius 3 is 1.92 bits per heavy atom. The molecule has 0 atom stereocenters. The predicted molar refractivity (Wildman–Crippen MR) is 51.4 cm³/mol. The van der Waals surface area contributed by atoms with E-state index in [4.69, 9.17) is 0 Å². The molecule has 2 heteroatoms. The molecule has 0 spiro atoms. The normalized spacial score (nSPS) is 19.7. The topological polar surface area (TPSA) is 34.1 Å². The molecule has 0 unspecified atom stereocenters. The number of rotatable bonds is 3. The fraction of sp³-hybridized carbons (Fsp3) is 0.818. The first-order valence-corrected chi connectivity index (χ1v) is 4.82. The molecule has 1 rings (SSSR count). The zero-order chi connectivity index (χ0) is 10.3. The van der Waals surface area contributed by atoms with Gasteiger partial charge in [-0.15, -0.1) is 0 Å². The fourth-order valence-corrected chi connectivity index (χ4v) is 1.38. The zero-order valence-electron chi connectivity index (χ0n) is 8.94. The van der Waals surface area contributed by atoms with Gasteiger partial charge in [0, 0.05) is 17.3 Å². The third-order valence-electron chi connectivity index (χ3n) is 2.94. The van der Waals surface area contributed by atoms with Gasteiger partial charge < -0.3 is 0 Å². The lowest BCUT2D eigenvalue weighted by Gasteiger charge is -2.19. The van der Waals surface area contributed by atoms with Crippen molar-refractivity contribution >= 4 is 11.6 Å². The van der Waals surface area contributed by atoms with E-state index in [0.29, 0.717) is 6.42 Å². The molecule has 0 aliphatic heterocycles. The summed E-state index contributed by atoms with van der Waals surface area (Å²) in [6.07, 6.45) is 2.26. The summed E-state index contributed by atoms with van der Waals surface area (Å²) in [4.78, 5) is 22.9. The van der Waals surface area contributed by atoms with E-state index in [1.165, 1.54) is 0 Å². The van der Waals surface area contributed by atoms with Crippen LogP contribution in [-0.2, 0) is 9.59 Å². The Labute approximate surface area is 79.7 Å². The highest BCUT2D eigenvalue weighted by Crippen LogP contribution is 2.50. The highest BCUT2D eigenvalue weighted by atomic mass is 16.1. The standard InChI is InChI=1S/C11H18O2/c1-8(12)11(5-6-11)7-9(13)10(2,3)4/h5-7H2,1-4H3. The SMILES string of the molecule is CC(=O)C1(CC(=O)C(C)(C)C)CC1. The zero-order valence-corrected chi connectivity index (χ0v) is 8.94. The van der Waals surface area contributed by atoms with E-state index in [2.05, 4.69) is 0 Å². The predicted octanol–water partition coefficient (Wildman–Crippen LogP) is 2.36. The average molecular weight is 182 g/mol. The number of carbonyl (C=O) groups excluding carboxylic acids is 2. The number of carbonyl (C=O) groups is 2. The maximum atomic E-state index is 11.7. The Kier molecular flexibility index (Phi) is 2.35. The summed E-state index contributed by atoms with van der Waals surface area (Å²) >= 11 is 0. The van der Waals surface area contributed by atoms with Gasteiger partial charge in [-0.05, 0) is 19.8 Å². The third kappa shape index (κ3) is 2.17. The van der Waals surface area contributed by atoms with Gasteiger partial charge in [-0.25, -0.2) is 0 Å². The molecule has 0 aromatic heterocycles. The molecule has 0 aromatic rings. The summed E-state index contributed by atoms with van der Waals surface area (Å²) in [5, 5.41) is 0. The molecular weight excluding hydrogens is 164 g/mol. The quantitative estimate of drug-likeness (QED) is 0.671. The van der Waals surface area contributed by atoms with Crippen molar-refractivity contribution in [3.05, 3.63) is 0 Å². The van der Waals surface area contributed by atoms with Crippen molar-refractivity contribution in [1.82, 2.24) is 0 Å². The summed E-state index contributed by atoms with van der Waals surface area (Å²) in [5.41, 5.74) is -0.560. The van der Waals surface area contributed by atoms with E-state index in [1.807, 2.05) is 20.8 Å². The average Bonchev–Trinajstić information content (AvgIpc) is 2.66. The Bertz CT molecular complexity index is 241. The van der Waals surface area contributed by atoms with E-state index in [9.17, 15) is 9.59 Å². The van der Waals surface area contributed by atoms with Crippen LogP contribution in [0, 0.1) is 10.8 Å².